The number of β-amino-alcohol motifs (C(OH)–C–C–N with tert-alkyl or cyclic N) is 2. The summed E-state index contributed by atoms with van der Waals surface area (Å²) in [5.74, 6) is 0.412. The number of amides is 1. The Morgan fingerprint density at radius 2 is 1.89 bits per heavy atom. The zero-order valence-corrected chi connectivity index (χ0v) is 11.5. The molecule has 0 radical (unpaired) electrons. The van der Waals surface area contributed by atoms with Crippen LogP contribution in [0.1, 0.15) is 6.42 Å². The molecular formula is C10H17NO5S2. The molecule has 0 aromatic rings. The lowest BCUT2D eigenvalue weighted by molar-refractivity contribution is -0.127. The van der Waals surface area contributed by atoms with E-state index in [0.29, 0.717) is 6.42 Å². The first-order valence-corrected chi connectivity index (χ1v) is 8.70. The van der Waals surface area contributed by atoms with Gasteiger partial charge in [-0.2, -0.15) is 0 Å². The van der Waals surface area contributed by atoms with Gasteiger partial charge in [0.2, 0.25) is 5.91 Å². The number of carbonyl (C=O) groups is 1. The Morgan fingerprint density at radius 1 is 1.28 bits per heavy atom. The van der Waals surface area contributed by atoms with Crippen molar-refractivity contribution in [2.75, 3.05) is 30.3 Å². The van der Waals surface area contributed by atoms with Crippen LogP contribution >= 0.6 is 11.8 Å². The first kappa shape index (κ1) is 14.1. The van der Waals surface area contributed by atoms with Crippen molar-refractivity contribution in [1.82, 2.24) is 4.90 Å². The highest BCUT2D eigenvalue weighted by Crippen LogP contribution is 2.25. The third-order valence-electron chi connectivity index (χ3n) is 3.24. The van der Waals surface area contributed by atoms with E-state index >= 15 is 0 Å². The molecule has 6 nitrogen and oxygen atoms in total. The topological polar surface area (TPSA) is 94.9 Å². The Hall–Kier alpha value is -0.310. The quantitative estimate of drug-likeness (QED) is 0.656. The maximum absolute atomic E-state index is 11.8. The van der Waals surface area contributed by atoms with Crippen LogP contribution in [0.2, 0.25) is 0 Å². The fourth-order valence-electron chi connectivity index (χ4n) is 2.15. The Morgan fingerprint density at radius 3 is 2.39 bits per heavy atom. The molecule has 0 aromatic carbocycles. The zero-order chi connectivity index (χ0) is 13.3. The van der Waals surface area contributed by atoms with Gasteiger partial charge < -0.3 is 15.1 Å². The van der Waals surface area contributed by atoms with Crippen LogP contribution < -0.4 is 0 Å². The van der Waals surface area contributed by atoms with Crippen LogP contribution in [0.3, 0.4) is 0 Å². The molecule has 104 valence electrons. The Labute approximate surface area is 110 Å². The summed E-state index contributed by atoms with van der Waals surface area (Å²) in [4.78, 5) is 13.2. The highest BCUT2D eigenvalue weighted by atomic mass is 32.2. The standard InChI is InChI=1S/C10H17NO5S2/c12-8-3-11(4-9(8)13)10(14)5-17-7-1-2-18(15,16)6-7/h7-9,12-13H,1-6H2/t7?,8-,9+. The van der Waals surface area contributed by atoms with Gasteiger partial charge in [-0.3, -0.25) is 4.79 Å². The number of nitrogens with zero attached hydrogens (tertiary/aromatic N) is 1. The molecule has 0 aliphatic carbocycles. The number of carbonyl (C=O) groups excluding carboxylic acids is 1. The predicted molar refractivity (Wildman–Crippen MR) is 68.1 cm³/mol. The SMILES string of the molecule is O=C(CSC1CCS(=O)(=O)C1)N1C[C@@H](O)[C@@H](O)C1. The van der Waals surface area contributed by atoms with Crippen molar-refractivity contribution >= 4 is 27.5 Å². The minimum absolute atomic E-state index is 0.00333. The largest absolute Gasteiger partial charge is 0.388 e. The van der Waals surface area contributed by atoms with Crippen LogP contribution in [0.15, 0.2) is 0 Å². The number of hydrogen-bond donors (Lipinski definition) is 2. The molecule has 2 aliphatic heterocycles. The van der Waals surface area contributed by atoms with E-state index in [9.17, 15) is 23.4 Å². The Kier molecular flexibility index (Phi) is 4.20. The minimum Gasteiger partial charge on any atom is -0.388 e. The van der Waals surface area contributed by atoms with Crippen molar-refractivity contribution < 1.29 is 23.4 Å². The predicted octanol–water partition coefficient (Wildman–Crippen LogP) is -1.53. The fourth-order valence-corrected chi connectivity index (χ4v) is 5.69. The first-order chi connectivity index (χ1) is 8.37. The molecule has 1 unspecified atom stereocenters. The van der Waals surface area contributed by atoms with E-state index in [1.54, 1.807) is 0 Å². The van der Waals surface area contributed by atoms with E-state index in [1.165, 1.54) is 16.7 Å². The van der Waals surface area contributed by atoms with E-state index in [0.717, 1.165) is 0 Å². The van der Waals surface area contributed by atoms with Gasteiger partial charge in [0.15, 0.2) is 9.84 Å². The number of aliphatic hydroxyl groups is 2. The van der Waals surface area contributed by atoms with Crippen molar-refractivity contribution in [3.8, 4) is 0 Å². The highest BCUT2D eigenvalue weighted by Gasteiger charge is 2.33. The summed E-state index contributed by atoms with van der Waals surface area (Å²) < 4.78 is 22.5. The maximum Gasteiger partial charge on any atom is 0.232 e. The monoisotopic (exact) mass is 295 g/mol. The van der Waals surface area contributed by atoms with E-state index in [-0.39, 0.29) is 41.5 Å². The number of likely N-dealkylation sites (tertiary alicyclic amines) is 1. The molecular weight excluding hydrogens is 278 g/mol. The summed E-state index contributed by atoms with van der Waals surface area (Å²) >= 11 is 1.35. The van der Waals surface area contributed by atoms with Gasteiger partial charge in [-0.1, -0.05) is 0 Å². The number of hydrogen-bond acceptors (Lipinski definition) is 6. The van der Waals surface area contributed by atoms with Crippen molar-refractivity contribution in [2.45, 2.75) is 23.9 Å². The van der Waals surface area contributed by atoms with Gasteiger partial charge in [-0.15, -0.1) is 11.8 Å². The second-order valence-electron chi connectivity index (χ2n) is 4.77. The molecule has 8 heteroatoms. The molecule has 2 heterocycles. The molecule has 2 fully saturated rings. The molecule has 0 spiro atoms. The highest BCUT2D eigenvalue weighted by molar-refractivity contribution is 8.02. The van der Waals surface area contributed by atoms with E-state index < -0.39 is 22.0 Å². The minimum atomic E-state index is -2.91. The second-order valence-corrected chi connectivity index (χ2v) is 8.29. The van der Waals surface area contributed by atoms with Gasteiger partial charge in [0.05, 0.1) is 29.5 Å². The van der Waals surface area contributed by atoms with Gasteiger partial charge in [0, 0.05) is 18.3 Å². The van der Waals surface area contributed by atoms with E-state index in [4.69, 9.17) is 0 Å². The molecule has 18 heavy (non-hydrogen) atoms. The van der Waals surface area contributed by atoms with Crippen LogP contribution in [-0.2, 0) is 14.6 Å². The van der Waals surface area contributed by atoms with Crippen molar-refractivity contribution in [1.29, 1.82) is 0 Å². The molecule has 1 amide bonds. The molecule has 3 atom stereocenters. The smallest absolute Gasteiger partial charge is 0.232 e. The molecule has 2 rings (SSSR count). The fraction of sp³-hybridized carbons (Fsp3) is 0.900. The molecule has 2 saturated heterocycles. The molecule has 2 aliphatic rings. The molecule has 0 bridgehead atoms. The molecule has 0 saturated carbocycles. The van der Waals surface area contributed by atoms with Crippen LogP contribution in [0.25, 0.3) is 0 Å². The van der Waals surface area contributed by atoms with Gasteiger partial charge in [-0.25, -0.2) is 8.42 Å². The van der Waals surface area contributed by atoms with Gasteiger partial charge in [0.25, 0.3) is 0 Å². The summed E-state index contributed by atoms with van der Waals surface area (Å²) in [5, 5.41) is 18.7. The van der Waals surface area contributed by atoms with Crippen LogP contribution in [0, 0.1) is 0 Å². The zero-order valence-electron chi connectivity index (χ0n) is 9.86. The Balaban J connectivity index is 1.76. The summed E-state index contributed by atoms with van der Waals surface area (Å²) in [5.41, 5.74) is 0. The third kappa shape index (κ3) is 3.37. The van der Waals surface area contributed by atoms with Crippen LogP contribution in [0.4, 0.5) is 0 Å². The lowest BCUT2D eigenvalue weighted by atomic mass is 10.3. The number of sulfone groups is 1. The van der Waals surface area contributed by atoms with Crippen LogP contribution in [0.5, 0.6) is 0 Å². The second kappa shape index (κ2) is 5.36. The number of thioether (sulfide) groups is 1. The first-order valence-electron chi connectivity index (χ1n) is 5.83. The molecule has 2 N–H and O–H groups in total. The third-order valence-corrected chi connectivity index (χ3v) is 6.51. The lowest BCUT2D eigenvalue weighted by Crippen LogP contribution is -2.31. The van der Waals surface area contributed by atoms with Crippen LogP contribution in [-0.4, -0.2) is 77.2 Å². The van der Waals surface area contributed by atoms with E-state index in [2.05, 4.69) is 0 Å². The van der Waals surface area contributed by atoms with Crippen molar-refractivity contribution in [3.63, 3.8) is 0 Å². The Bertz CT molecular complexity index is 414. The average molecular weight is 295 g/mol. The van der Waals surface area contributed by atoms with Crippen molar-refractivity contribution in [2.24, 2.45) is 0 Å². The van der Waals surface area contributed by atoms with Crippen molar-refractivity contribution in [3.05, 3.63) is 0 Å². The number of rotatable bonds is 3. The average Bonchev–Trinajstić information content (AvgIpc) is 2.80. The van der Waals surface area contributed by atoms with E-state index in [1.807, 2.05) is 0 Å². The lowest BCUT2D eigenvalue weighted by Gasteiger charge is -2.16. The van der Waals surface area contributed by atoms with Gasteiger partial charge >= 0.3 is 0 Å². The molecule has 0 aromatic heterocycles. The normalized spacial score (nSPS) is 35.0. The number of aliphatic hydroxyl groups excluding tert-OH is 2. The maximum atomic E-state index is 11.8. The van der Waals surface area contributed by atoms with Gasteiger partial charge in [-0.05, 0) is 6.42 Å². The summed E-state index contributed by atoms with van der Waals surface area (Å²) in [6.45, 7) is 0.313. The summed E-state index contributed by atoms with van der Waals surface area (Å²) in [6.07, 6.45) is -1.14. The summed E-state index contributed by atoms with van der Waals surface area (Å²) in [7, 11) is -2.91. The van der Waals surface area contributed by atoms with Gasteiger partial charge in [0.1, 0.15) is 0 Å². The summed E-state index contributed by atoms with van der Waals surface area (Å²) in [6, 6.07) is 0.